The lowest BCUT2D eigenvalue weighted by Crippen LogP contribution is -2.80. The first-order valence-electron chi connectivity index (χ1n) is 11.6. The van der Waals surface area contributed by atoms with Crippen LogP contribution in [0.1, 0.15) is 12.7 Å². The van der Waals surface area contributed by atoms with Gasteiger partial charge in [-0.1, -0.05) is 11.8 Å². The first-order chi connectivity index (χ1) is 19.4. The fourth-order valence-electron chi connectivity index (χ4n) is 3.88. The van der Waals surface area contributed by atoms with E-state index < -0.39 is 63.0 Å². The zero-order chi connectivity index (χ0) is 29.9. The number of carboxylic acids is 1. The summed E-state index contributed by atoms with van der Waals surface area (Å²) in [6.07, 6.45) is -0.501. The number of aliphatic carboxylic acids is 1. The first-order valence-corrected chi connectivity index (χ1v) is 15.2. The number of rotatable bonds is 13. The average Bonchev–Trinajstić information content (AvgIpc) is 3.52. The van der Waals surface area contributed by atoms with Gasteiger partial charge in [0.15, 0.2) is 5.75 Å². The van der Waals surface area contributed by atoms with Gasteiger partial charge < -0.3 is 28.6 Å². The molecule has 2 aliphatic rings. The van der Waals surface area contributed by atoms with Crippen molar-refractivity contribution in [2.45, 2.75) is 29.6 Å². The highest BCUT2D eigenvalue weighted by Crippen LogP contribution is 2.47. The first kappa shape index (κ1) is 30.3. The van der Waals surface area contributed by atoms with Crippen molar-refractivity contribution in [2.75, 3.05) is 31.0 Å². The van der Waals surface area contributed by atoms with E-state index in [0.29, 0.717) is 10.7 Å². The number of β-lactam (4-membered cyclic amide) rings is 1. The summed E-state index contributed by atoms with van der Waals surface area (Å²) in [7, 11) is -1.56. The highest BCUT2D eigenvalue weighted by atomic mass is 32.2. The Morgan fingerprint density at radius 1 is 1.37 bits per heavy atom. The van der Waals surface area contributed by atoms with Crippen molar-refractivity contribution in [3.63, 3.8) is 0 Å². The zero-order valence-electron chi connectivity index (χ0n) is 21.6. The van der Waals surface area contributed by atoms with Crippen molar-refractivity contribution >= 4 is 57.4 Å². The second-order valence-electron chi connectivity index (χ2n) is 8.36. The maximum absolute atomic E-state index is 13.3. The predicted octanol–water partition coefficient (Wildman–Crippen LogP) is -1.48. The molecule has 1 saturated heterocycles. The summed E-state index contributed by atoms with van der Waals surface area (Å²) in [6, 6.07) is 1.02. The molecule has 222 valence electrons. The molecule has 2 aromatic heterocycles. The number of tetrazole rings is 1. The normalized spacial score (nSPS) is 20.3. The topological polar surface area (TPSA) is 235 Å². The van der Waals surface area contributed by atoms with Gasteiger partial charge in [0.25, 0.3) is 17.5 Å². The lowest BCUT2D eigenvalue weighted by Gasteiger charge is -2.55. The van der Waals surface area contributed by atoms with E-state index in [2.05, 4.69) is 34.9 Å². The molecule has 2 N–H and O–H groups in total. The van der Waals surface area contributed by atoms with Gasteiger partial charge in [-0.2, -0.15) is 8.42 Å². The number of nitrogens with zero attached hydrogens (tertiary/aromatic N) is 6. The number of amides is 2. The van der Waals surface area contributed by atoms with Gasteiger partial charge >= 0.3 is 22.1 Å². The number of aromatic nitrogens is 5. The zero-order valence-corrected chi connectivity index (χ0v) is 24.1. The number of carbonyl (C=O) groups is 4. The maximum atomic E-state index is 13.3. The highest BCUT2D eigenvalue weighted by Gasteiger charge is 2.66. The van der Waals surface area contributed by atoms with Gasteiger partial charge in [-0.15, -0.1) is 16.9 Å². The number of methoxy groups -OCH3 is 1. The van der Waals surface area contributed by atoms with Crippen LogP contribution in [0.5, 0.6) is 5.88 Å². The van der Waals surface area contributed by atoms with Crippen molar-refractivity contribution in [1.82, 2.24) is 35.6 Å². The second-order valence-corrected chi connectivity index (χ2v) is 11.9. The monoisotopic (exact) mass is 633 g/mol. The third-order valence-electron chi connectivity index (χ3n) is 5.60. The summed E-state index contributed by atoms with van der Waals surface area (Å²) in [6.45, 7) is 1.49. The van der Waals surface area contributed by atoms with Crippen LogP contribution in [0.4, 0.5) is 0 Å². The van der Waals surface area contributed by atoms with Gasteiger partial charge in [-0.3, -0.25) is 19.3 Å². The molecule has 0 radical (unpaired) electrons. The molecular formula is C20H23N7O11S3. The number of carboxylic acid groups (broad SMARTS) is 1. The van der Waals surface area contributed by atoms with E-state index in [0.717, 1.165) is 11.0 Å². The summed E-state index contributed by atoms with van der Waals surface area (Å²) in [5.74, 6) is -5.18. The van der Waals surface area contributed by atoms with Crippen LogP contribution in [-0.4, -0.2) is 110 Å². The fraction of sp³-hybridized carbons (Fsp3) is 0.500. The molecule has 18 nitrogen and oxygen atoms in total. The highest BCUT2D eigenvalue weighted by molar-refractivity contribution is 8.01. The number of nitrogens with one attached hydrogen (secondary N) is 1. The van der Waals surface area contributed by atoms with Gasteiger partial charge in [0.1, 0.15) is 16.8 Å². The number of ether oxygens (including phenoxy) is 2. The average molecular weight is 634 g/mol. The number of esters is 1. The van der Waals surface area contributed by atoms with E-state index in [-0.39, 0.29) is 29.6 Å². The number of aryl methyl sites for hydroxylation is 1. The van der Waals surface area contributed by atoms with E-state index in [1.165, 1.54) is 42.2 Å². The number of thioether (sulfide) groups is 2. The largest absolute Gasteiger partial charge is 0.477 e. The number of hydrogen-bond acceptors (Lipinski definition) is 16. The Bertz CT molecular complexity index is 1510. The van der Waals surface area contributed by atoms with Gasteiger partial charge in [-0.05, 0) is 28.1 Å². The second kappa shape index (κ2) is 12.0. The molecule has 0 spiro atoms. The molecule has 0 aliphatic carbocycles. The Kier molecular flexibility index (Phi) is 8.89. The lowest BCUT2D eigenvalue weighted by molar-refractivity contribution is -0.192. The van der Waals surface area contributed by atoms with E-state index in [4.69, 9.17) is 9.26 Å². The molecule has 2 atom stereocenters. The van der Waals surface area contributed by atoms with Crippen molar-refractivity contribution in [2.24, 2.45) is 7.05 Å². The third kappa shape index (κ3) is 6.31. The molecule has 2 amide bonds. The Hall–Kier alpha value is -3.69. The minimum absolute atomic E-state index is 0.0178. The van der Waals surface area contributed by atoms with Gasteiger partial charge in [0.2, 0.25) is 11.1 Å². The maximum Gasteiger partial charge on any atom is 0.352 e. The van der Waals surface area contributed by atoms with Crippen LogP contribution < -0.4 is 9.50 Å². The molecular weight excluding hydrogens is 610 g/mol. The molecule has 2 aliphatic heterocycles. The Labute approximate surface area is 240 Å². The summed E-state index contributed by atoms with van der Waals surface area (Å²) in [5, 5.41) is 26.5. The quantitative estimate of drug-likeness (QED) is 0.0840. The van der Waals surface area contributed by atoms with Crippen LogP contribution in [0.3, 0.4) is 0 Å². The molecule has 0 unspecified atom stereocenters. The van der Waals surface area contributed by atoms with Crippen molar-refractivity contribution in [3.05, 3.63) is 23.1 Å². The molecule has 1 fully saturated rings. The number of carbonyl (C=O) groups excluding carboxylic acids is 3. The molecule has 0 aromatic carbocycles. The molecule has 2 aromatic rings. The molecule has 0 bridgehead atoms. The van der Waals surface area contributed by atoms with Crippen LogP contribution in [-0.2, 0) is 52.2 Å². The SMILES string of the molecule is CCOC(=O)CS(=O)(=O)Oc1cc(CC(=O)N[C@]2(OC)C(=O)N3C(C(=O)O)=C(CSc4nnnn4C)CS[C@@H]32)on1. The summed E-state index contributed by atoms with van der Waals surface area (Å²) in [5.41, 5.74) is -1.62. The van der Waals surface area contributed by atoms with Crippen LogP contribution in [0.2, 0.25) is 0 Å². The van der Waals surface area contributed by atoms with Gasteiger partial charge in [-0.25, -0.2) is 9.48 Å². The Morgan fingerprint density at radius 2 is 2.12 bits per heavy atom. The predicted molar refractivity (Wildman–Crippen MR) is 136 cm³/mol. The van der Waals surface area contributed by atoms with Crippen molar-refractivity contribution < 1.29 is 50.9 Å². The minimum Gasteiger partial charge on any atom is -0.477 e. The van der Waals surface area contributed by atoms with E-state index >= 15 is 0 Å². The van der Waals surface area contributed by atoms with Crippen LogP contribution in [0, 0.1) is 0 Å². The Morgan fingerprint density at radius 3 is 2.76 bits per heavy atom. The smallest absolute Gasteiger partial charge is 0.352 e. The summed E-state index contributed by atoms with van der Waals surface area (Å²) < 4.78 is 45.0. The molecule has 0 saturated carbocycles. The Balaban J connectivity index is 1.42. The lowest BCUT2D eigenvalue weighted by atomic mass is 9.98. The van der Waals surface area contributed by atoms with E-state index in [9.17, 15) is 32.7 Å². The van der Waals surface area contributed by atoms with E-state index in [1.807, 2.05) is 0 Å². The standard InChI is InChI=1S/C20H23N7O11S3/c1-4-36-14(29)9-41(33,34)38-13-6-11(37-23-13)5-12(28)21-20(35-3)17(32)27-15(16(30)31)10(7-39-18(20)27)8-40-19-22-24-25-26(19)2/h6,18H,4-5,7-9H2,1-3H3,(H,21,28)(H,30,31)/t18-,20+/m1/s1. The minimum atomic E-state index is -4.39. The fourth-order valence-corrected chi connectivity index (χ4v) is 7.08. The van der Waals surface area contributed by atoms with E-state index in [1.54, 1.807) is 7.05 Å². The van der Waals surface area contributed by atoms with Gasteiger partial charge in [0.05, 0.1) is 13.0 Å². The van der Waals surface area contributed by atoms with Crippen LogP contribution in [0.25, 0.3) is 0 Å². The molecule has 4 rings (SSSR count). The number of fused-ring (bicyclic) bond motifs is 1. The van der Waals surface area contributed by atoms with Crippen molar-refractivity contribution in [3.8, 4) is 5.88 Å². The molecule has 21 heteroatoms. The summed E-state index contributed by atoms with van der Waals surface area (Å²) >= 11 is 2.40. The summed E-state index contributed by atoms with van der Waals surface area (Å²) in [4.78, 5) is 50.7. The van der Waals surface area contributed by atoms with Crippen LogP contribution in [0.15, 0.2) is 27.0 Å². The van der Waals surface area contributed by atoms with Gasteiger partial charge in [0, 0.05) is 31.7 Å². The van der Waals surface area contributed by atoms with Crippen LogP contribution >= 0.6 is 23.5 Å². The van der Waals surface area contributed by atoms with Crippen molar-refractivity contribution in [1.29, 1.82) is 0 Å². The third-order valence-corrected chi connectivity index (χ3v) is 9.09. The number of hydrogen-bond donors (Lipinski definition) is 2. The molecule has 41 heavy (non-hydrogen) atoms. The molecule has 4 heterocycles.